The fraction of sp³-hybridized carbons (Fsp3) is 0.150. The minimum atomic E-state index is -3.73. The van der Waals surface area contributed by atoms with E-state index in [1.54, 1.807) is 24.3 Å². The molecule has 0 radical (unpaired) electrons. The van der Waals surface area contributed by atoms with Gasteiger partial charge in [0.15, 0.2) is 0 Å². The standard InChI is InChI=1S/C20H20N2O4S/c1-15-5-2-6-16(11-15)13-22-27(24,25)19-9-3-7-17(12-19)20(23)21-14-18-8-4-10-26-18/h2-12,22H,13-14H2,1H3,(H,21,23). The van der Waals surface area contributed by atoms with Gasteiger partial charge in [0.25, 0.3) is 5.91 Å². The zero-order valence-corrected chi connectivity index (χ0v) is 15.6. The molecule has 0 aliphatic carbocycles. The topological polar surface area (TPSA) is 88.4 Å². The Morgan fingerprint density at radius 1 is 1.00 bits per heavy atom. The average molecular weight is 384 g/mol. The Morgan fingerprint density at radius 3 is 2.56 bits per heavy atom. The molecule has 3 aromatic rings. The normalized spacial score (nSPS) is 11.3. The molecular weight excluding hydrogens is 364 g/mol. The summed E-state index contributed by atoms with van der Waals surface area (Å²) in [5.74, 6) is 0.245. The molecule has 0 saturated heterocycles. The fourth-order valence-electron chi connectivity index (χ4n) is 2.57. The quantitative estimate of drug-likeness (QED) is 0.655. The SMILES string of the molecule is Cc1cccc(CNS(=O)(=O)c2cccc(C(=O)NCc3ccco3)c2)c1. The molecule has 0 unspecified atom stereocenters. The molecule has 1 aromatic heterocycles. The number of benzene rings is 2. The molecule has 2 N–H and O–H groups in total. The number of furan rings is 1. The van der Waals surface area contributed by atoms with E-state index in [4.69, 9.17) is 4.42 Å². The highest BCUT2D eigenvalue weighted by Crippen LogP contribution is 2.13. The number of nitrogens with one attached hydrogen (secondary N) is 2. The van der Waals surface area contributed by atoms with Crippen LogP contribution in [0.1, 0.15) is 27.2 Å². The van der Waals surface area contributed by atoms with Crippen LogP contribution in [0.5, 0.6) is 0 Å². The predicted molar refractivity (Wildman–Crippen MR) is 102 cm³/mol. The van der Waals surface area contributed by atoms with Crippen molar-refractivity contribution >= 4 is 15.9 Å². The molecule has 140 valence electrons. The van der Waals surface area contributed by atoms with Gasteiger partial charge in [0.1, 0.15) is 5.76 Å². The third-order valence-corrected chi connectivity index (χ3v) is 5.36. The number of sulfonamides is 1. The van der Waals surface area contributed by atoms with E-state index in [1.807, 2.05) is 31.2 Å². The highest BCUT2D eigenvalue weighted by Gasteiger charge is 2.16. The predicted octanol–water partition coefficient (Wildman–Crippen LogP) is 3.00. The summed E-state index contributed by atoms with van der Waals surface area (Å²) in [6.07, 6.45) is 1.52. The van der Waals surface area contributed by atoms with Gasteiger partial charge >= 0.3 is 0 Å². The summed E-state index contributed by atoms with van der Waals surface area (Å²) in [5.41, 5.74) is 2.19. The lowest BCUT2D eigenvalue weighted by atomic mass is 10.1. The first-order valence-corrected chi connectivity index (χ1v) is 9.88. The van der Waals surface area contributed by atoms with E-state index in [0.717, 1.165) is 11.1 Å². The van der Waals surface area contributed by atoms with Crippen LogP contribution in [-0.4, -0.2) is 14.3 Å². The first-order chi connectivity index (χ1) is 12.9. The minimum Gasteiger partial charge on any atom is -0.467 e. The van der Waals surface area contributed by atoms with Crippen LogP contribution in [0.25, 0.3) is 0 Å². The summed E-state index contributed by atoms with van der Waals surface area (Å²) in [5, 5.41) is 2.70. The number of hydrogen-bond donors (Lipinski definition) is 2. The molecule has 7 heteroatoms. The van der Waals surface area contributed by atoms with Crippen LogP contribution in [0.3, 0.4) is 0 Å². The van der Waals surface area contributed by atoms with Gasteiger partial charge in [0.2, 0.25) is 10.0 Å². The summed E-state index contributed by atoms with van der Waals surface area (Å²) in [4.78, 5) is 12.3. The van der Waals surface area contributed by atoms with Crippen LogP contribution in [0.4, 0.5) is 0 Å². The van der Waals surface area contributed by atoms with Crippen molar-refractivity contribution in [2.45, 2.75) is 24.9 Å². The van der Waals surface area contributed by atoms with Crippen molar-refractivity contribution in [2.75, 3.05) is 0 Å². The molecule has 0 spiro atoms. The lowest BCUT2D eigenvalue weighted by Crippen LogP contribution is -2.25. The molecule has 6 nitrogen and oxygen atoms in total. The maximum absolute atomic E-state index is 12.6. The second-order valence-electron chi connectivity index (χ2n) is 6.10. The van der Waals surface area contributed by atoms with Crippen LogP contribution >= 0.6 is 0 Å². The molecule has 0 saturated carbocycles. The molecule has 27 heavy (non-hydrogen) atoms. The molecule has 1 amide bonds. The Labute approximate surface area is 158 Å². The van der Waals surface area contributed by atoms with E-state index >= 15 is 0 Å². The van der Waals surface area contributed by atoms with Crippen molar-refractivity contribution < 1.29 is 17.6 Å². The average Bonchev–Trinajstić information content (AvgIpc) is 3.18. The van der Waals surface area contributed by atoms with Crippen molar-refractivity contribution in [2.24, 2.45) is 0 Å². The molecule has 3 rings (SSSR count). The number of carbonyl (C=O) groups excluding carboxylic acids is 1. The van der Waals surface area contributed by atoms with E-state index in [-0.39, 0.29) is 29.5 Å². The van der Waals surface area contributed by atoms with Crippen LogP contribution < -0.4 is 10.0 Å². The molecular formula is C20H20N2O4S. The molecule has 0 aliphatic rings. The highest BCUT2D eigenvalue weighted by atomic mass is 32.2. The monoisotopic (exact) mass is 384 g/mol. The molecule has 2 aromatic carbocycles. The second-order valence-corrected chi connectivity index (χ2v) is 7.87. The van der Waals surface area contributed by atoms with Crippen LogP contribution in [0, 0.1) is 6.92 Å². The second kappa shape index (κ2) is 8.20. The fourth-order valence-corrected chi connectivity index (χ4v) is 3.63. The Kier molecular flexibility index (Phi) is 5.73. The van der Waals surface area contributed by atoms with Gasteiger partial charge in [-0.05, 0) is 42.8 Å². The van der Waals surface area contributed by atoms with Gasteiger partial charge in [-0.15, -0.1) is 0 Å². The number of aryl methyl sites for hydroxylation is 1. The summed E-state index contributed by atoms with van der Waals surface area (Å²) in [6, 6.07) is 17.0. The number of rotatable bonds is 7. The maximum atomic E-state index is 12.6. The zero-order chi connectivity index (χ0) is 19.3. The Bertz CT molecular complexity index is 1030. The van der Waals surface area contributed by atoms with Gasteiger partial charge < -0.3 is 9.73 Å². The van der Waals surface area contributed by atoms with E-state index < -0.39 is 10.0 Å². The largest absolute Gasteiger partial charge is 0.467 e. The Morgan fingerprint density at radius 2 is 1.81 bits per heavy atom. The maximum Gasteiger partial charge on any atom is 0.251 e. The molecule has 1 heterocycles. The van der Waals surface area contributed by atoms with Crippen molar-refractivity contribution in [3.63, 3.8) is 0 Å². The smallest absolute Gasteiger partial charge is 0.251 e. The van der Waals surface area contributed by atoms with E-state index in [2.05, 4.69) is 10.0 Å². The van der Waals surface area contributed by atoms with Gasteiger partial charge in [-0.1, -0.05) is 35.9 Å². The summed E-state index contributed by atoms with van der Waals surface area (Å²) < 4.78 is 32.8. The molecule has 0 atom stereocenters. The zero-order valence-electron chi connectivity index (χ0n) is 14.8. The lowest BCUT2D eigenvalue weighted by Gasteiger charge is -2.09. The van der Waals surface area contributed by atoms with Crippen molar-refractivity contribution in [3.8, 4) is 0 Å². The van der Waals surface area contributed by atoms with Gasteiger partial charge in [0, 0.05) is 12.1 Å². The van der Waals surface area contributed by atoms with Crippen LogP contribution in [0.15, 0.2) is 76.2 Å². The van der Waals surface area contributed by atoms with Gasteiger partial charge in [-0.2, -0.15) is 0 Å². The summed E-state index contributed by atoms with van der Waals surface area (Å²) in [7, 11) is -3.73. The van der Waals surface area contributed by atoms with E-state index in [1.165, 1.54) is 18.4 Å². The van der Waals surface area contributed by atoms with Gasteiger partial charge in [0.05, 0.1) is 17.7 Å². The van der Waals surface area contributed by atoms with Gasteiger partial charge in [-0.25, -0.2) is 13.1 Å². The molecule has 0 aliphatic heterocycles. The van der Waals surface area contributed by atoms with Crippen molar-refractivity contribution in [3.05, 3.63) is 89.4 Å². The van der Waals surface area contributed by atoms with Crippen LogP contribution in [0.2, 0.25) is 0 Å². The third kappa shape index (κ3) is 5.06. The lowest BCUT2D eigenvalue weighted by molar-refractivity contribution is 0.0948. The summed E-state index contributed by atoms with van der Waals surface area (Å²) >= 11 is 0. The first kappa shape index (κ1) is 18.9. The number of hydrogen-bond acceptors (Lipinski definition) is 4. The van der Waals surface area contributed by atoms with Crippen molar-refractivity contribution in [1.82, 2.24) is 10.0 Å². The Balaban J connectivity index is 1.68. The Hall–Kier alpha value is -2.90. The van der Waals surface area contributed by atoms with E-state index in [9.17, 15) is 13.2 Å². The van der Waals surface area contributed by atoms with Gasteiger partial charge in [-0.3, -0.25) is 4.79 Å². The number of amides is 1. The number of carbonyl (C=O) groups is 1. The molecule has 0 fully saturated rings. The minimum absolute atomic E-state index is 0.0424. The van der Waals surface area contributed by atoms with Crippen molar-refractivity contribution in [1.29, 1.82) is 0 Å². The third-order valence-electron chi connectivity index (χ3n) is 3.96. The highest BCUT2D eigenvalue weighted by molar-refractivity contribution is 7.89. The van der Waals surface area contributed by atoms with E-state index in [0.29, 0.717) is 5.76 Å². The summed E-state index contributed by atoms with van der Waals surface area (Å²) in [6.45, 7) is 2.36. The first-order valence-electron chi connectivity index (χ1n) is 8.40. The molecule has 0 bridgehead atoms. The van der Waals surface area contributed by atoms with Crippen LogP contribution in [-0.2, 0) is 23.1 Å².